The zero-order valence-corrected chi connectivity index (χ0v) is 17.0. The first kappa shape index (κ1) is 18.7. The maximum atomic E-state index is 12.3. The van der Waals surface area contributed by atoms with Crippen LogP contribution in [0, 0.1) is 13.8 Å². The number of pyridine rings is 1. The van der Waals surface area contributed by atoms with Crippen LogP contribution in [0.1, 0.15) is 18.2 Å². The van der Waals surface area contributed by atoms with Gasteiger partial charge in [-0.3, -0.25) is 4.79 Å². The molecule has 4 nitrogen and oxygen atoms in total. The quantitative estimate of drug-likeness (QED) is 0.650. The van der Waals surface area contributed by atoms with Crippen molar-refractivity contribution in [2.45, 2.75) is 20.3 Å². The maximum Gasteiger partial charge on any atom is 1.00 e. The summed E-state index contributed by atoms with van der Waals surface area (Å²) in [5.74, 6) is 0.0710. The Morgan fingerprint density at radius 3 is 2.33 bits per heavy atom. The zero-order chi connectivity index (χ0) is 16.6. The molecule has 2 heterocycles. The minimum Gasteiger partial charge on any atom is -1.00 e. The van der Waals surface area contributed by atoms with Gasteiger partial charge in [0.1, 0.15) is 5.65 Å². The minimum absolute atomic E-state index is 0. The number of aromatic nitrogens is 2. The van der Waals surface area contributed by atoms with Crippen LogP contribution >= 0.6 is 0 Å². The number of nitrogens with zero attached hydrogens (tertiary/aromatic N) is 3. The Bertz CT molecular complexity index is 872. The number of carbonyl (C=O) groups excluding carboxylic acids is 1. The van der Waals surface area contributed by atoms with Gasteiger partial charge in [-0.1, -0.05) is 35.9 Å². The third-order valence-electron chi connectivity index (χ3n) is 4.01. The molecule has 0 aliphatic carbocycles. The first-order valence-corrected chi connectivity index (χ1v) is 7.70. The Labute approximate surface area is 166 Å². The summed E-state index contributed by atoms with van der Waals surface area (Å²) in [5, 5.41) is 0. The van der Waals surface area contributed by atoms with Crippen molar-refractivity contribution in [3.05, 3.63) is 59.4 Å². The van der Waals surface area contributed by atoms with E-state index in [1.165, 1.54) is 5.56 Å². The molecule has 0 aliphatic heterocycles. The monoisotopic (exact) mass is 331 g/mol. The van der Waals surface area contributed by atoms with E-state index in [4.69, 9.17) is 4.98 Å². The largest absolute Gasteiger partial charge is 1.00 e. The molecule has 0 aliphatic rings. The third-order valence-corrected chi connectivity index (χ3v) is 4.01. The molecule has 0 radical (unpaired) electrons. The van der Waals surface area contributed by atoms with E-state index in [1.54, 1.807) is 19.0 Å². The number of hydrogen-bond donors (Lipinski definition) is 0. The standard InChI is InChI=1S/C19H21N3O.Na.H/c1-13-5-8-15(9-6-13)19-16(11-18(23)21(3)4)22-12-14(2)7-10-17(22)20-19;;/h5-10,12H,11H2,1-4H3;;/q;+1;-1. The van der Waals surface area contributed by atoms with E-state index in [2.05, 4.69) is 31.2 Å². The molecule has 3 aromatic rings. The van der Waals surface area contributed by atoms with Crippen LogP contribution in [0.5, 0.6) is 0 Å². The molecule has 0 atom stereocenters. The van der Waals surface area contributed by atoms with Crippen LogP contribution in [0.3, 0.4) is 0 Å². The Morgan fingerprint density at radius 1 is 1.08 bits per heavy atom. The van der Waals surface area contributed by atoms with Crippen LogP contribution in [-0.2, 0) is 11.2 Å². The number of hydrogen-bond acceptors (Lipinski definition) is 2. The van der Waals surface area contributed by atoms with Crippen LogP contribution in [0.25, 0.3) is 16.9 Å². The predicted octanol–water partition coefficient (Wildman–Crippen LogP) is 0.365. The number of benzene rings is 1. The van der Waals surface area contributed by atoms with Gasteiger partial charge >= 0.3 is 29.6 Å². The van der Waals surface area contributed by atoms with Crippen molar-refractivity contribution in [2.75, 3.05) is 14.1 Å². The first-order chi connectivity index (χ1) is 11.0. The van der Waals surface area contributed by atoms with Crippen molar-refractivity contribution in [3.63, 3.8) is 0 Å². The summed E-state index contributed by atoms with van der Waals surface area (Å²) in [5.41, 5.74) is 6.08. The van der Waals surface area contributed by atoms with Crippen molar-refractivity contribution >= 4 is 11.6 Å². The molecule has 0 N–H and O–H groups in total. The summed E-state index contributed by atoms with van der Waals surface area (Å²) in [6, 6.07) is 12.3. The molecule has 0 fully saturated rings. The van der Waals surface area contributed by atoms with Crippen molar-refractivity contribution in [1.29, 1.82) is 0 Å². The third kappa shape index (κ3) is 3.72. The van der Waals surface area contributed by atoms with Crippen molar-refractivity contribution in [3.8, 4) is 11.3 Å². The molecule has 0 saturated heterocycles. The fraction of sp³-hybridized carbons (Fsp3) is 0.263. The summed E-state index contributed by atoms with van der Waals surface area (Å²) in [7, 11) is 3.56. The van der Waals surface area contributed by atoms with Gasteiger partial charge in [-0.05, 0) is 25.5 Å². The number of likely N-dealkylation sites (N-methyl/N-ethyl adjacent to an activating group) is 1. The van der Waals surface area contributed by atoms with Gasteiger partial charge < -0.3 is 10.7 Å². The summed E-state index contributed by atoms with van der Waals surface area (Å²) in [6.45, 7) is 4.11. The number of carbonyl (C=O) groups is 1. The molecule has 3 rings (SSSR count). The molecular weight excluding hydrogens is 309 g/mol. The fourth-order valence-electron chi connectivity index (χ4n) is 2.61. The molecule has 0 bridgehead atoms. The summed E-state index contributed by atoms with van der Waals surface area (Å²) in [6.07, 6.45) is 2.37. The molecule has 24 heavy (non-hydrogen) atoms. The van der Waals surface area contributed by atoms with Gasteiger partial charge in [0.05, 0.1) is 17.8 Å². The average Bonchev–Trinajstić information content (AvgIpc) is 2.86. The van der Waals surface area contributed by atoms with Gasteiger partial charge in [-0.2, -0.15) is 0 Å². The van der Waals surface area contributed by atoms with E-state index in [0.29, 0.717) is 6.42 Å². The second-order valence-corrected chi connectivity index (χ2v) is 6.17. The van der Waals surface area contributed by atoms with E-state index < -0.39 is 0 Å². The number of amides is 1. The van der Waals surface area contributed by atoms with Gasteiger partial charge in [0.15, 0.2) is 0 Å². The van der Waals surface area contributed by atoms with Crippen LogP contribution in [0.4, 0.5) is 0 Å². The van der Waals surface area contributed by atoms with E-state index in [-0.39, 0.29) is 36.9 Å². The Balaban J connectivity index is 0.00000156. The summed E-state index contributed by atoms with van der Waals surface area (Å²) < 4.78 is 2.03. The zero-order valence-electron chi connectivity index (χ0n) is 16.0. The van der Waals surface area contributed by atoms with Crippen LogP contribution in [-0.4, -0.2) is 34.3 Å². The number of fused-ring (bicyclic) bond motifs is 1. The number of imidazole rings is 1. The molecule has 2 aromatic heterocycles. The van der Waals surface area contributed by atoms with Gasteiger partial charge in [0.25, 0.3) is 0 Å². The average molecular weight is 331 g/mol. The Morgan fingerprint density at radius 2 is 1.71 bits per heavy atom. The summed E-state index contributed by atoms with van der Waals surface area (Å²) in [4.78, 5) is 18.6. The van der Waals surface area contributed by atoms with E-state index in [9.17, 15) is 4.79 Å². The van der Waals surface area contributed by atoms with Crippen molar-refractivity contribution in [2.24, 2.45) is 0 Å². The van der Waals surface area contributed by atoms with Gasteiger partial charge in [0.2, 0.25) is 5.91 Å². The normalized spacial score (nSPS) is 10.5. The van der Waals surface area contributed by atoms with E-state index in [1.807, 2.05) is 29.7 Å². The minimum atomic E-state index is 0. The van der Waals surface area contributed by atoms with E-state index in [0.717, 1.165) is 28.2 Å². The van der Waals surface area contributed by atoms with E-state index >= 15 is 0 Å². The molecule has 0 spiro atoms. The second-order valence-electron chi connectivity index (χ2n) is 6.17. The molecule has 0 unspecified atom stereocenters. The predicted molar refractivity (Wildman–Crippen MR) is 93.6 cm³/mol. The SMILES string of the molecule is Cc1ccc(-c2nc3ccc(C)cn3c2CC(=O)N(C)C)cc1.[H-].[Na+]. The van der Waals surface area contributed by atoms with Crippen molar-refractivity contribution < 1.29 is 35.8 Å². The Hall–Kier alpha value is -1.62. The molecule has 120 valence electrons. The molecule has 0 saturated carbocycles. The number of aryl methyl sites for hydroxylation is 2. The van der Waals surface area contributed by atoms with Crippen LogP contribution in [0.15, 0.2) is 42.6 Å². The smallest absolute Gasteiger partial charge is 1.00 e. The topological polar surface area (TPSA) is 37.6 Å². The van der Waals surface area contributed by atoms with Gasteiger partial charge in [-0.25, -0.2) is 4.98 Å². The van der Waals surface area contributed by atoms with Gasteiger partial charge in [-0.15, -0.1) is 0 Å². The molecule has 5 heteroatoms. The van der Waals surface area contributed by atoms with Crippen LogP contribution < -0.4 is 29.6 Å². The Kier molecular flexibility index (Phi) is 5.86. The molecule has 1 amide bonds. The molecular formula is C19H22N3NaO. The number of rotatable bonds is 3. The second kappa shape index (κ2) is 7.51. The van der Waals surface area contributed by atoms with Crippen LogP contribution in [0.2, 0.25) is 0 Å². The molecule has 1 aromatic carbocycles. The summed E-state index contributed by atoms with van der Waals surface area (Å²) >= 11 is 0. The first-order valence-electron chi connectivity index (χ1n) is 7.70. The van der Waals surface area contributed by atoms with Gasteiger partial charge in [0, 0.05) is 25.9 Å². The maximum absolute atomic E-state index is 12.3. The van der Waals surface area contributed by atoms with Crippen molar-refractivity contribution in [1.82, 2.24) is 14.3 Å². The fourth-order valence-corrected chi connectivity index (χ4v) is 2.61.